The van der Waals surface area contributed by atoms with Gasteiger partial charge in [0.1, 0.15) is 5.82 Å². The van der Waals surface area contributed by atoms with Crippen molar-refractivity contribution in [3.63, 3.8) is 0 Å². The van der Waals surface area contributed by atoms with Gasteiger partial charge < -0.3 is 15.5 Å². The Kier molecular flexibility index (Phi) is 8.12. The summed E-state index contributed by atoms with van der Waals surface area (Å²) in [7, 11) is 3.76. The fraction of sp³-hybridized carbons (Fsp3) is 0.417. The van der Waals surface area contributed by atoms with Gasteiger partial charge in [-0.1, -0.05) is 45.0 Å². The Bertz CT molecular complexity index is 857. The van der Waals surface area contributed by atoms with Crippen LogP contribution in [0.1, 0.15) is 54.7 Å². The van der Waals surface area contributed by atoms with Gasteiger partial charge in [0.15, 0.2) is 0 Å². The first-order chi connectivity index (χ1) is 14.1. The van der Waals surface area contributed by atoms with Crippen LogP contribution < -0.4 is 10.6 Å². The van der Waals surface area contributed by atoms with E-state index in [2.05, 4.69) is 31.4 Å². The van der Waals surface area contributed by atoms with Crippen LogP contribution in [0.5, 0.6) is 0 Å². The molecule has 0 aliphatic carbocycles. The molecule has 0 fully saturated rings. The van der Waals surface area contributed by atoms with E-state index >= 15 is 0 Å². The third kappa shape index (κ3) is 6.95. The first-order valence-corrected chi connectivity index (χ1v) is 10.2. The molecule has 0 radical (unpaired) electrons. The molecule has 0 spiro atoms. The van der Waals surface area contributed by atoms with Gasteiger partial charge in [-0.2, -0.15) is 0 Å². The molecule has 162 valence electrons. The van der Waals surface area contributed by atoms with Crippen LogP contribution in [0.3, 0.4) is 0 Å². The minimum absolute atomic E-state index is 0.0308. The zero-order valence-corrected chi connectivity index (χ0v) is 18.5. The van der Waals surface area contributed by atoms with E-state index in [4.69, 9.17) is 0 Å². The van der Waals surface area contributed by atoms with Crippen molar-refractivity contribution in [2.45, 2.75) is 38.6 Å². The Morgan fingerprint density at radius 3 is 2.27 bits per heavy atom. The second-order valence-electron chi connectivity index (χ2n) is 8.67. The number of nitrogens with one attached hydrogen (secondary N) is 2. The molecule has 0 aliphatic rings. The fourth-order valence-corrected chi connectivity index (χ4v) is 3.12. The quantitative estimate of drug-likeness (QED) is 0.694. The standard InChI is InChI=1S/C24H32FN3O2/c1-24(2,3)19-11-9-17(10-12-19)23(30)26-14-13-22(29)27-16-21(28(4)5)18-7-6-8-20(25)15-18/h6-12,15,21H,13-14,16H2,1-5H3,(H,26,30)(H,27,29). The van der Waals surface area contributed by atoms with Crippen molar-refractivity contribution in [3.8, 4) is 0 Å². The molecule has 0 heterocycles. The lowest BCUT2D eigenvalue weighted by atomic mass is 9.87. The van der Waals surface area contributed by atoms with E-state index in [9.17, 15) is 14.0 Å². The molecule has 2 aromatic rings. The molecule has 2 amide bonds. The maximum absolute atomic E-state index is 13.5. The van der Waals surface area contributed by atoms with Gasteiger partial charge in [-0.15, -0.1) is 0 Å². The highest BCUT2D eigenvalue weighted by Gasteiger charge is 2.17. The molecule has 2 rings (SSSR count). The number of amides is 2. The minimum atomic E-state index is -0.302. The molecular weight excluding hydrogens is 381 g/mol. The molecular formula is C24H32FN3O2. The van der Waals surface area contributed by atoms with Crippen LogP contribution in [0.15, 0.2) is 48.5 Å². The van der Waals surface area contributed by atoms with E-state index in [0.717, 1.165) is 11.1 Å². The number of carbonyl (C=O) groups is 2. The van der Waals surface area contributed by atoms with Crippen LogP contribution in [0, 0.1) is 5.82 Å². The summed E-state index contributed by atoms with van der Waals surface area (Å²) in [5, 5.41) is 5.64. The number of halogens is 1. The van der Waals surface area contributed by atoms with E-state index in [1.807, 2.05) is 37.2 Å². The highest BCUT2D eigenvalue weighted by atomic mass is 19.1. The predicted molar refractivity (Wildman–Crippen MR) is 118 cm³/mol. The summed E-state index contributed by atoms with van der Waals surface area (Å²) in [5.41, 5.74) is 2.56. The van der Waals surface area contributed by atoms with Crippen LogP contribution in [0.4, 0.5) is 4.39 Å². The van der Waals surface area contributed by atoms with Crippen LogP contribution in [-0.2, 0) is 10.2 Å². The smallest absolute Gasteiger partial charge is 0.251 e. The molecule has 1 atom stereocenters. The van der Waals surface area contributed by atoms with Crippen molar-refractivity contribution in [2.75, 3.05) is 27.2 Å². The summed E-state index contributed by atoms with van der Waals surface area (Å²) in [6, 6.07) is 13.7. The maximum atomic E-state index is 13.5. The molecule has 2 N–H and O–H groups in total. The van der Waals surface area contributed by atoms with Gasteiger partial charge in [-0.3, -0.25) is 9.59 Å². The Morgan fingerprint density at radius 2 is 1.70 bits per heavy atom. The molecule has 0 saturated carbocycles. The molecule has 30 heavy (non-hydrogen) atoms. The second-order valence-corrected chi connectivity index (χ2v) is 8.67. The number of hydrogen-bond acceptors (Lipinski definition) is 3. The van der Waals surface area contributed by atoms with Crippen molar-refractivity contribution < 1.29 is 14.0 Å². The summed E-state index contributed by atoms with van der Waals surface area (Å²) in [6.07, 6.45) is 0.176. The summed E-state index contributed by atoms with van der Waals surface area (Å²) in [6.45, 7) is 6.97. The van der Waals surface area contributed by atoms with Gasteiger partial charge in [0.25, 0.3) is 5.91 Å². The maximum Gasteiger partial charge on any atom is 0.251 e. The van der Waals surface area contributed by atoms with Crippen LogP contribution in [-0.4, -0.2) is 43.9 Å². The average molecular weight is 414 g/mol. The number of likely N-dealkylation sites (N-methyl/N-ethyl adjacent to an activating group) is 1. The summed E-state index contributed by atoms with van der Waals surface area (Å²) < 4.78 is 13.5. The van der Waals surface area contributed by atoms with Crippen molar-refractivity contribution in [2.24, 2.45) is 0 Å². The normalized spacial score (nSPS) is 12.5. The van der Waals surface area contributed by atoms with E-state index < -0.39 is 0 Å². The summed E-state index contributed by atoms with van der Waals surface area (Å²) >= 11 is 0. The second kappa shape index (κ2) is 10.3. The van der Waals surface area contributed by atoms with Gasteiger partial charge in [0.2, 0.25) is 5.91 Å². The zero-order valence-electron chi connectivity index (χ0n) is 18.5. The molecule has 1 unspecified atom stereocenters. The van der Waals surface area contributed by atoms with E-state index in [1.165, 1.54) is 12.1 Å². The fourth-order valence-electron chi connectivity index (χ4n) is 3.12. The SMILES string of the molecule is CN(C)C(CNC(=O)CCNC(=O)c1ccc(C(C)(C)C)cc1)c1cccc(F)c1. The van der Waals surface area contributed by atoms with Gasteiger partial charge in [-0.05, 0) is 54.9 Å². The lowest BCUT2D eigenvalue weighted by Crippen LogP contribution is -2.36. The van der Waals surface area contributed by atoms with Gasteiger partial charge in [-0.25, -0.2) is 4.39 Å². The number of carbonyl (C=O) groups excluding carboxylic acids is 2. The van der Waals surface area contributed by atoms with Crippen molar-refractivity contribution in [1.82, 2.24) is 15.5 Å². The third-order valence-electron chi connectivity index (χ3n) is 5.00. The molecule has 5 nitrogen and oxygen atoms in total. The van der Waals surface area contributed by atoms with Crippen LogP contribution >= 0.6 is 0 Å². The van der Waals surface area contributed by atoms with Gasteiger partial charge in [0, 0.05) is 25.1 Å². The molecule has 0 saturated heterocycles. The van der Waals surface area contributed by atoms with Crippen molar-refractivity contribution in [3.05, 3.63) is 71.0 Å². The molecule has 2 aromatic carbocycles. The average Bonchev–Trinajstić information content (AvgIpc) is 2.67. The molecule has 0 aliphatic heterocycles. The number of benzene rings is 2. The first kappa shape index (κ1) is 23.5. The highest BCUT2D eigenvalue weighted by Crippen LogP contribution is 2.22. The van der Waals surface area contributed by atoms with Crippen molar-refractivity contribution in [1.29, 1.82) is 0 Å². The number of hydrogen-bond donors (Lipinski definition) is 2. The Hall–Kier alpha value is -2.73. The van der Waals surface area contributed by atoms with E-state index in [-0.39, 0.29) is 42.1 Å². The van der Waals surface area contributed by atoms with Crippen molar-refractivity contribution >= 4 is 11.8 Å². The highest BCUT2D eigenvalue weighted by molar-refractivity contribution is 5.94. The van der Waals surface area contributed by atoms with Crippen LogP contribution in [0.2, 0.25) is 0 Å². The Morgan fingerprint density at radius 1 is 1.03 bits per heavy atom. The Labute approximate surface area is 178 Å². The minimum Gasteiger partial charge on any atom is -0.354 e. The lowest BCUT2D eigenvalue weighted by molar-refractivity contribution is -0.121. The number of nitrogens with zero attached hydrogens (tertiary/aromatic N) is 1. The summed E-state index contributed by atoms with van der Waals surface area (Å²) in [5.74, 6) is -0.667. The largest absolute Gasteiger partial charge is 0.354 e. The molecule has 0 bridgehead atoms. The first-order valence-electron chi connectivity index (χ1n) is 10.2. The monoisotopic (exact) mass is 413 g/mol. The lowest BCUT2D eigenvalue weighted by Gasteiger charge is -2.25. The zero-order chi connectivity index (χ0) is 22.3. The third-order valence-corrected chi connectivity index (χ3v) is 5.00. The van der Waals surface area contributed by atoms with E-state index in [1.54, 1.807) is 18.2 Å². The Balaban J connectivity index is 1.80. The van der Waals surface area contributed by atoms with Gasteiger partial charge in [0.05, 0.1) is 6.04 Å². The topological polar surface area (TPSA) is 61.4 Å². The van der Waals surface area contributed by atoms with E-state index in [0.29, 0.717) is 12.1 Å². The predicted octanol–water partition coefficient (Wildman–Crippen LogP) is 3.66. The summed E-state index contributed by atoms with van der Waals surface area (Å²) in [4.78, 5) is 26.4. The molecule has 0 aromatic heterocycles. The van der Waals surface area contributed by atoms with Gasteiger partial charge >= 0.3 is 0 Å². The number of rotatable bonds is 8. The van der Waals surface area contributed by atoms with Crippen LogP contribution in [0.25, 0.3) is 0 Å². The molecule has 6 heteroatoms.